The first-order valence-electron chi connectivity index (χ1n) is 3.06. The van der Waals surface area contributed by atoms with Crippen molar-refractivity contribution in [3.05, 3.63) is 0 Å². The predicted molar refractivity (Wildman–Crippen MR) is 33.4 cm³/mol. The Labute approximate surface area is 85.7 Å². The van der Waals surface area contributed by atoms with Crippen LogP contribution in [0, 0.1) is 0 Å². The Morgan fingerprint density at radius 1 is 1.00 bits per heavy atom. The van der Waals surface area contributed by atoms with Crippen LogP contribution in [-0.4, -0.2) is 34.4 Å². The number of carboxylic acid groups (broad SMARTS) is 2. The SMILES string of the molecule is CC(O)C(=O)[O-].CC(O)C(=O)[O-].[Mn+2]. The van der Waals surface area contributed by atoms with Gasteiger partial charge in [0.05, 0.1) is 24.1 Å². The van der Waals surface area contributed by atoms with E-state index in [2.05, 4.69) is 0 Å². The van der Waals surface area contributed by atoms with Gasteiger partial charge in [0.1, 0.15) is 0 Å². The second-order valence-electron chi connectivity index (χ2n) is 1.99. The van der Waals surface area contributed by atoms with E-state index in [-0.39, 0.29) is 17.1 Å². The largest absolute Gasteiger partial charge is 2.00 e. The van der Waals surface area contributed by atoms with E-state index < -0.39 is 24.1 Å². The van der Waals surface area contributed by atoms with Gasteiger partial charge in [-0.25, -0.2) is 0 Å². The molecule has 0 aromatic carbocycles. The molecule has 0 saturated carbocycles. The van der Waals surface area contributed by atoms with Crippen LogP contribution < -0.4 is 10.2 Å². The summed E-state index contributed by atoms with van der Waals surface area (Å²) in [5.74, 6) is -2.87. The van der Waals surface area contributed by atoms with E-state index in [1.807, 2.05) is 0 Å². The zero-order valence-corrected chi connectivity index (χ0v) is 8.24. The molecule has 0 spiro atoms. The topological polar surface area (TPSA) is 121 Å². The minimum absolute atomic E-state index is 0. The Hall–Kier alpha value is -0.621. The first-order valence-corrected chi connectivity index (χ1v) is 3.06. The van der Waals surface area contributed by atoms with Crippen LogP contribution in [0.2, 0.25) is 0 Å². The van der Waals surface area contributed by atoms with Gasteiger partial charge in [0, 0.05) is 0 Å². The Morgan fingerprint density at radius 2 is 1.08 bits per heavy atom. The van der Waals surface area contributed by atoms with Gasteiger partial charge in [0.15, 0.2) is 0 Å². The summed E-state index contributed by atoms with van der Waals surface area (Å²) in [5.41, 5.74) is 0. The van der Waals surface area contributed by atoms with E-state index in [0.29, 0.717) is 0 Å². The van der Waals surface area contributed by atoms with Crippen LogP contribution in [0.1, 0.15) is 13.8 Å². The average Bonchev–Trinajstić information content (AvgIpc) is 1.88. The molecular formula is C6H10MnO6. The van der Waals surface area contributed by atoms with Crippen LogP contribution in [-0.2, 0) is 26.7 Å². The van der Waals surface area contributed by atoms with Gasteiger partial charge in [-0.15, -0.1) is 0 Å². The fraction of sp³-hybridized carbons (Fsp3) is 0.667. The second kappa shape index (κ2) is 9.47. The van der Waals surface area contributed by atoms with Crippen molar-refractivity contribution in [1.82, 2.24) is 0 Å². The number of hydrogen-bond donors (Lipinski definition) is 2. The number of aliphatic hydroxyl groups excluding tert-OH is 2. The van der Waals surface area contributed by atoms with Gasteiger partial charge < -0.3 is 30.0 Å². The quantitative estimate of drug-likeness (QED) is 0.472. The number of carbonyl (C=O) groups is 2. The van der Waals surface area contributed by atoms with E-state index in [0.717, 1.165) is 13.8 Å². The number of aliphatic hydroxyl groups is 2. The predicted octanol–water partition coefficient (Wildman–Crippen LogP) is -3.77. The molecule has 7 heteroatoms. The zero-order valence-electron chi connectivity index (χ0n) is 7.06. The Balaban J connectivity index is -0.000000143. The summed E-state index contributed by atoms with van der Waals surface area (Å²) < 4.78 is 0. The standard InChI is InChI=1S/2C3H6O3.Mn/c2*1-2(4)3(5)6;/h2*2,4H,1H3,(H,5,6);/q;;+2/p-2. The van der Waals surface area contributed by atoms with Crippen molar-refractivity contribution >= 4 is 11.9 Å². The molecule has 2 unspecified atom stereocenters. The van der Waals surface area contributed by atoms with Gasteiger partial charge in [0.2, 0.25) is 0 Å². The van der Waals surface area contributed by atoms with Crippen LogP contribution >= 0.6 is 0 Å². The summed E-state index contributed by atoms with van der Waals surface area (Å²) >= 11 is 0. The Bertz CT molecular complexity index is 137. The third-order valence-corrected chi connectivity index (χ3v) is 0.682. The summed E-state index contributed by atoms with van der Waals surface area (Å²) in [4.78, 5) is 18.7. The van der Waals surface area contributed by atoms with Crippen LogP contribution in [0.25, 0.3) is 0 Å². The molecule has 0 aliphatic rings. The van der Waals surface area contributed by atoms with Crippen LogP contribution in [0.4, 0.5) is 0 Å². The first kappa shape index (κ1) is 18.2. The van der Waals surface area contributed by atoms with Crippen molar-refractivity contribution in [3.63, 3.8) is 0 Å². The first-order chi connectivity index (χ1) is 5.29. The molecule has 1 radical (unpaired) electrons. The molecule has 2 atom stereocenters. The molecule has 0 bridgehead atoms. The summed E-state index contributed by atoms with van der Waals surface area (Å²) in [6, 6.07) is 0. The average molecular weight is 233 g/mol. The monoisotopic (exact) mass is 233 g/mol. The second-order valence-corrected chi connectivity index (χ2v) is 1.99. The molecule has 0 aliphatic heterocycles. The summed E-state index contributed by atoms with van der Waals surface area (Å²) in [7, 11) is 0. The van der Waals surface area contributed by atoms with Gasteiger partial charge in [-0.3, -0.25) is 0 Å². The molecule has 0 aromatic rings. The molecule has 0 saturated heterocycles. The molecule has 77 valence electrons. The third-order valence-electron chi connectivity index (χ3n) is 0.682. The van der Waals surface area contributed by atoms with E-state index in [9.17, 15) is 19.8 Å². The van der Waals surface area contributed by atoms with Gasteiger partial charge >= 0.3 is 17.1 Å². The fourth-order valence-corrected chi connectivity index (χ4v) is 0. The summed E-state index contributed by atoms with van der Waals surface area (Å²) in [6.07, 6.45) is -2.69. The maximum Gasteiger partial charge on any atom is 2.00 e. The summed E-state index contributed by atoms with van der Waals surface area (Å²) in [5, 5.41) is 34.6. The number of rotatable bonds is 2. The van der Waals surface area contributed by atoms with Crippen molar-refractivity contribution in [1.29, 1.82) is 0 Å². The fourth-order valence-electron chi connectivity index (χ4n) is 0. The van der Waals surface area contributed by atoms with Crippen molar-refractivity contribution in [2.75, 3.05) is 0 Å². The van der Waals surface area contributed by atoms with E-state index in [4.69, 9.17) is 10.2 Å². The molecule has 13 heavy (non-hydrogen) atoms. The number of carbonyl (C=O) groups excluding carboxylic acids is 2. The van der Waals surface area contributed by atoms with Crippen molar-refractivity contribution in [3.8, 4) is 0 Å². The van der Waals surface area contributed by atoms with E-state index in [1.165, 1.54) is 0 Å². The number of carboxylic acids is 2. The number of hydrogen-bond acceptors (Lipinski definition) is 6. The van der Waals surface area contributed by atoms with Gasteiger partial charge in [-0.1, -0.05) is 0 Å². The minimum atomic E-state index is -1.44. The van der Waals surface area contributed by atoms with Gasteiger partial charge in [0.25, 0.3) is 0 Å². The molecule has 0 heterocycles. The number of aliphatic carboxylic acids is 2. The third kappa shape index (κ3) is 18.4. The molecule has 6 nitrogen and oxygen atoms in total. The normalized spacial score (nSPS) is 12.6. The van der Waals surface area contributed by atoms with Crippen LogP contribution in [0.5, 0.6) is 0 Å². The molecule has 0 amide bonds. The van der Waals surface area contributed by atoms with Gasteiger partial charge in [-0.2, -0.15) is 0 Å². The Morgan fingerprint density at radius 3 is 1.08 bits per heavy atom. The minimum Gasteiger partial charge on any atom is -0.547 e. The smallest absolute Gasteiger partial charge is 0.547 e. The van der Waals surface area contributed by atoms with Crippen molar-refractivity contribution in [2.45, 2.75) is 26.1 Å². The summed E-state index contributed by atoms with van der Waals surface area (Å²) in [6.45, 7) is 2.27. The van der Waals surface area contributed by atoms with Gasteiger partial charge in [-0.05, 0) is 13.8 Å². The Kier molecular flexibility index (Phi) is 13.3. The molecular weight excluding hydrogens is 223 g/mol. The van der Waals surface area contributed by atoms with Crippen molar-refractivity contribution < 1.29 is 47.1 Å². The van der Waals surface area contributed by atoms with Crippen LogP contribution in [0.3, 0.4) is 0 Å². The zero-order chi connectivity index (χ0) is 10.3. The molecule has 0 fully saturated rings. The van der Waals surface area contributed by atoms with E-state index >= 15 is 0 Å². The molecule has 0 rings (SSSR count). The molecule has 2 N–H and O–H groups in total. The maximum atomic E-state index is 9.34. The maximum absolute atomic E-state index is 9.34. The van der Waals surface area contributed by atoms with E-state index in [1.54, 1.807) is 0 Å². The van der Waals surface area contributed by atoms with Crippen LogP contribution in [0.15, 0.2) is 0 Å². The van der Waals surface area contributed by atoms with Crippen molar-refractivity contribution in [2.24, 2.45) is 0 Å². The molecule has 0 aromatic heterocycles. The molecule has 0 aliphatic carbocycles.